The van der Waals surface area contributed by atoms with Crippen LogP contribution in [0.5, 0.6) is 17.2 Å². The summed E-state index contributed by atoms with van der Waals surface area (Å²) in [5.74, 6) is 0.666. The van der Waals surface area contributed by atoms with Crippen molar-refractivity contribution in [2.45, 2.75) is 6.92 Å². The van der Waals surface area contributed by atoms with Crippen molar-refractivity contribution >= 4 is 52.6 Å². The van der Waals surface area contributed by atoms with Gasteiger partial charge in [0.2, 0.25) is 5.75 Å². The minimum atomic E-state index is -0.712. The first-order valence-electron chi connectivity index (χ1n) is 7.86. The molecule has 0 aliphatic carbocycles. The van der Waals surface area contributed by atoms with E-state index in [1.54, 1.807) is 12.1 Å². The van der Waals surface area contributed by atoms with Crippen LogP contribution in [-0.2, 0) is 0 Å². The number of ether oxygens (including phenoxy) is 3. The van der Waals surface area contributed by atoms with Gasteiger partial charge in [-0.15, -0.1) is 0 Å². The van der Waals surface area contributed by atoms with Gasteiger partial charge in [-0.3, -0.25) is 4.79 Å². The number of aromatic nitrogens is 1. The number of pyridine rings is 1. The zero-order valence-corrected chi connectivity index (χ0v) is 17.4. The van der Waals surface area contributed by atoms with E-state index in [2.05, 4.69) is 15.5 Å². The van der Waals surface area contributed by atoms with Gasteiger partial charge < -0.3 is 19.9 Å². The van der Waals surface area contributed by atoms with Gasteiger partial charge in [0, 0.05) is 5.56 Å². The first-order chi connectivity index (χ1) is 13.3. The zero-order valence-electron chi connectivity index (χ0n) is 15.2. The number of nitrogen functional groups attached to an aromatic ring is 1. The normalized spacial score (nSPS) is 10.8. The van der Waals surface area contributed by atoms with Crippen LogP contribution in [0.25, 0.3) is 0 Å². The number of hydrogen-bond acceptors (Lipinski definition) is 7. The number of nitrogens with zero attached hydrogens (tertiary/aromatic N) is 2. The lowest BCUT2D eigenvalue weighted by Crippen LogP contribution is -2.20. The first kappa shape index (κ1) is 21.9. The van der Waals surface area contributed by atoms with Crippen molar-refractivity contribution in [3.05, 3.63) is 38.6 Å². The molecule has 0 saturated carbocycles. The monoisotopic (exact) mass is 446 g/mol. The molecule has 0 aliphatic rings. The second kappa shape index (κ2) is 9.68. The minimum Gasteiger partial charge on any atom is -0.493 e. The molecule has 0 saturated heterocycles. The lowest BCUT2D eigenvalue weighted by molar-refractivity contribution is 0.0950. The van der Waals surface area contributed by atoms with Crippen molar-refractivity contribution in [1.29, 1.82) is 0 Å². The highest BCUT2D eigenvalue weighted by molar-refractivity contribution is 6.46. The van der Waals surface area contributed by atoms with Crippen molar-refractivity contribution in [3.63, 3.8) is 0 Å². The highest BCUT2D eigenvalue weighted by Crippen LogP contribution is 2.38. The molecule has 1 aromatic carbocycles. The summed E-state index contributed by atoms with van der Waals surface area (Å²) in [5, 5.41) is 3.59. The molecule has 0 atom stereocenters. The molecular formula is C17H17Cl3N4O4. The topological polar surface area (TPSA) is 108 Å². The van der Waals surface area contributed by atoms with Gasteiger partial charge in [-0.2, -0.15) is 5.10 Å². The molecule has 8 nitrogen and oxygen atoms in total. The van der Waals surface area contributed by atoms with Crippen molar-refractivity contribution in [2.75, 3.05) is 26.6 Å². The number of anilines is 1. The van der Waals surface area contributed by atoms with Crippen LogP contribution < -0.4 is 25.4 Å². The van der Waals surface area contributed by atoms with Gasteiger partial charge in [0.15, 0.2) is 22.3 Å². The second-order valence-corrected chi connectivity index (χ2v) is 6.29. The highest BCUT2D eigenvalue weighted by Gasteiger charge is 2.19. The van der Waals surface area contributed by atoms with E-state index in [1.165, 1.54) is 20.4 Å². The number of amides is 1. The summed E-state index contributed by atoms with van der Waals surface area (Å²) in [6.45, 7) is 2.29. The maximum atomic E-state index is 12.3. The SMILES string of the molecule is CCOc1c(OC)cc(/C=N/NC(=O)c2nc(Cl)c(Cl)c(N)c2Cl)cc1OC. The smallest absolute Gasteiger partial charge is 0.291 e. The summed E-state index contributed by atoms with van der Waals surface area (Å²) in [5.41, 5.74) is 8.33. The Kier molecular flexibility index (Phi) is 7.56. The molecule has 0 aliphatic heterocycles. The summed E-state index contributed by atoms with van der Waals surface area (Å²) in [6, 6.07) is 3.34. The predicted molar refractivity (Wildman–Crippen MR) is 109 cm³/mol. The number of carbonyl (C=O) groups is 1. The molecule has 2 rings (SSSR count). The molecule has 1 aromatic heterocycles. The Balaban J connectivity index is 2.24. The molecular weight excluding hydrogens is 431 g/mol. The quantitative estimate of drug-likeness (QED) is 0.380. The van der Waals surface area contributed by atoms with Crippen molar-refractivity contribution < 1.29 is 19.0 Å². The molecule has 11 heteroatoms. The third kappa shape index (κ3) is 4.70. The summed E-state index contributed by atoms with van der Waals surface area (Å²) in [6.07, 6.45) is 1.38. The van der Waals surface area contributed by atoms with E-state index in [0.717, 1.165) is 0 Å². The number of rotatable bonds is 7. The third-order valence-electron chi connectivity index (χ3n) is 3.44. The molecule has 150 valence electrons. The van der Waals surface area contributed by atoms with Gasteiger partial charge in [0.25, 0.3) is 5.91 Å². The minimum absolute atomic E-state index is 0.0275. The molecule has 28 heavy (non-hydrogen) atoms. The molecule has 0 bridgehead atoms. The van der Waals surface area contributed by atoms with Gasteiger partial charge in [-0.25, -0.2) is 10.4 Å². The Morgan fingerprint density at radius 1 is 1.21 bits per heavy atom. The highest BCUT2D eigenvalue weighted by atomic mass is 35.5. The molecule has 1 amide bonds. The maximum Gasteiger partial charge on any atom is 0.291 e. The molecule has 0 unspecified atom stereocenters. The van der Waals surface area contributed by atoms with E-state index in [-0.39, 0.29) is 26.6 Å². The van der Waals surface area contributed by atoms with Crippen LogP contribution in [0.4, 0.5) is 5.69 Å². The second-order valence-electron chi connectivity index (χ2n) is 5.18. The predicted octanol–water partition coefficient (Wildman–Crippen LogP) is 3.80. The van der Waals surface area contributed by atoms with Gasteiger partial charge in [-0.1, -0.05) is 34.8 Å². The molecule has 0 radical (unpaired) electrons. The molecule has 2 aromatic rings. The number of hydrogen-bond donors (Lipinski definition) is 2. The molecule has 1 heterocycles. The van der Waals surface area contributed by atoms with Crippen LogP contribution in [0.1, 0.15) is 23.0 Å². The summed E-state index contributed by atoms with van der Waals surface area (Å²) < 4.78 is 16.1. The van der Waals surface area contributed by atoms with Crippen LogP contribution >= 0.6 is 34.8 Å². The number of benzene rings is 1. The molecule has 0 spiro atoms. The Hall–Kier alpha value is -2.42. The van der Waals surface area contributed by atoms with E-state index >= 15 is 0 Å². The standard InChI is InChI=1S/C17H17Cl3N4O4/c1-4-28-15-9(26-2)5-8(6-10(15)27-3)7-22-24-17(25)14-11(18)13(21)12(19)16(20)23-14/h5-7H,4H2,1-3H3,(H2,21,23)(H,24,25)/b22-7+. The summed E-state index contributed by atoms with van der Waals surface area (Å²) in [7, 11) is 3.00. The number of nitrogens with two attached hydrogens (primary N) is 1. The van der Waals surface area contributed by atoms with Crippen LogP contribution in [0, 0.1) is 0 Å². The fraction of sp³-hybridized carbons (Fsp3) is 0.235. The van der Waals surface area contributed by atoms with E-state index < -0.39 is 5.91 Å². The third-order valence-corrected chi connectivity index (χ3v) is 4.57. The van der Waals surface area contributed by atoms with Crippen LogP contribution in [0.2, 0.25) is 15.2 Å². The van der Waals surface area contributed by atoms with Crippen molar-refractivity contribution in [3.8, 4) is 17.2 Å². The van der Waals surface area contributed by atoms with Crippen LogP contribution in [0.3, 0.4) is 0 Å². The van der Waals surface area contributed by atoms with Crippen molar-refractivity contribution in [1.82, 2.24) is 10.4 Å². The van der Waals surface area contributed by atoms with E-state index in [4.69, 9.17) is 54.7 Å². The zero-order chi connectivity index (χ0) is 20.8. The number of hydrazone groups is 1. The Labute approximate surface area is 176 Å². The number of methoxy groups -OCH3 is 2. The van der Waals surface area contributed by atoms with Crippen molar-refractivity contribution in [2.24, 2.45) is 5.10 Å². The first-order valence-corrected chi connectivity index (χ1v) is 8.99. The van der Waals surface area contributed by atoms with E-state index in [1.807, 2.05) is 6.92 Å². The van der Waals surface area contributed by atoms with E-state index in [9.17, 15) is 4.79 Å². The number of carbonyl (C=O) groups excluding carboxylic acids is 1. The lowest BCUT2D eigenvalue weighted by atomic mass is 10.2. The fourth-order valence-corrected chi connectivity index (χ4v) is 2.76. The van der Waals surface area contributed by atoms with Crippen LogP contribution in [0.15, 0.2) is 17.2 Å². The Morgan fingerprint density at radius 2 is 1.82 bits per heavy atom. The summed E-state index contributed by atoms with van der Waals surface area (Å²) >= 11 is 17.7. The Bertz CT molecular complexity index is 897. The fourth-order valence-electron chi connectivity index (χ4n) is 2.16. The lowest BCUT2D eigenvalue weighted by Gasteiger charge is -2.14. The number of halogens is 3. The molecule has 0 fully saturated rings. The van der Waals surface area contributed by atoms with Gasteiger partial charge in [0.1, 0.15) is 5.02 Å². The van der Waals surface area contributed by atoms with Gasteiger partial charge >= 0.3 is 0 Å². The van der Waals surface area contributed by atoms with E-state index in [0.29, 0.717) is 29.4 Å². The summed E-state index contributed by atoms with van der Waals surface area (Å²) in [4.78, 5) is 16.1. The van der Waals surface area contributed by atoms with Crippen LogP contribution in [-0.4, -0.2) is 37.9 Å². The average Bonchev–Trinajstić information content (AvgIpc) is 2.69. The Morgan fingerprint density at radius 3 is 2.36 bits per heavy atom. The van der Waals surface area contributed by atoms with Gasteiger partial charge in [-0.05, 0) is 19.1 Å². The average molecular weight is 448 g/mol. The maximum absolute atomic E-state index is 12.3. The molecule has 3 N–H and O–H groups in total. The largest absolute Gasteiger partial charge is 0.493 e. The number of nitrogens with one attached hydrogen (secondary N) is 1. The van der Waals surface area contributed by atoms with Gasteiger partial charge in [0.05, 0.1) is 37.8 Å².